The summed E-state index contributed by atoms with van der Waals surface area (Å²) in [6.07, 6.45) is 100.0. The lowest BCUT2D eigenvalue weighted by atomic mass is 10.1. The summed E-state index contributed by atoms with van der Waals surface area (Å²) in [5.41, 5.74) is 0. The van der Waals surface area contributed by atoms with E-state index < -0.39 is 97.5 Å². The molecule has 0 fully saturated rings. The van der Waals surface area contributed by atoms with Gasteiger partial charge >= 0.3 is 39.5 Å². The fourth-order valence-electron chi connectivity index (χ4n) is 10.3. The summed E-state index contributed by atoms with van der Waals surface area (Å²) in [7, 11) is -10.0. The van der Waals surface area contributed by atoms with Gasteiger partial charge in [0, 0.05) is 19.3 Å². The van der Waals surface area contributed by atoms with Gasteiger partial charge in [-0.05, 0) is 167 Å². The average molecular weight is 1570 g/mol. The normalized spacial score (nSPS) is 14.8. The zero-order valence-electron chi connectivity index (χ0n) is 68.1. The first-order chi connectivity index (χ1) is 53.7. The van der Waals surface area contributed by atoms with Crippen LogP contribution in [-0.4, -0.2) is 96.7 Å². The molecule has 0 aromatic carbocycles. The molecule has 5 unspecified atom stereocenters. The molecule has 19 heteroatoms. The van der Waals surface area contributed by atoms with Gasteiger partial charge in [-0.25, -0.2) is 9.13 Å². The number of carbonyl (C=O) groups is 4. The van der Waals surface area contributed by atoms with E-state index in [-0.39, 0.29) is 25.7 Å². The molecule has 17 nitrogen and oxygen atoms in total. The van der Waals surface area contributed by atoms with Crippen molar-refractivity contribution in [2.24, 2.45) is 0 Å². The van der Waals surface area contributed by atoms with Gasteiger partial charge in [0.15, 0.2) is 12.2 Å². The van der Waals surface area contributed by atoms with E-state index in [0.29, 0.717) is 25.7 Å². The van der Waals surface area contributed by atoms with Crippen molar-refractivity contribution < 1.29 is 80.2 Å². The number of esters is 4. The lowest BCUT2D eigenvalue weighted by molar-refractivity contribution is -0.161. The number of hydrogen-bond donors (Lipinski definition) is 3. The second-order valence-corrected chi connectivity index (χ2v) is 29.8. The Hall–Kier alpha value is -6.10. The first kappa shape index (κ1) is 104. The molecule has 622 valence electrons. The first-order valence-electron chi connectivity index (χ1n) is 41.7. The number of phosphoric acid groups is 2. The highest BCUT2D eigenvalue weighted by molar-refractivity contribution is 7.47. The van der Waals surface area contributed by atoms with Crippen LogP contribution in [0.2, 0.25) is 0 Å². The van der Waals surface area contributed by atoms with Crippen molar-refractivity contribution in [2.45, 2.75) is 316 Å². The van der Waals surface area contributed by atoms with Crippen molar-refractivity contribution in [1.29, 1.82) is 0 Å². The van der Waals surface area contributed by atoms with Crippen LogP contribution >= 0.6 is 15.6 Å². The molecule has 0 spiro atoms. The van der Waals surface area contributed by atoms with Gasteiger partial charge in [0.2, 0.25) is 0 Å². The van der Waals surface area contributed by atoms with E-state index in [1.807, 2.05) is 12.2 Å². The minimum absolute atomic E-state index is 0.0530. The second-order valence-electron chi connectivity index (χ2n) is 26.9. The van der Waals surface area contributed by atoms with Gasteiger partial charge in [-0.1, -0.05) is 299 Å². The monoisotopic (exact) mass is 1570 g/mol. The molecule has 0 aliphatic heterocycles. The Bertz CT molecular complexity index is 2850. The number of allylic oxidation sites excluding steroid dienone is 31. The van der Waals surface area contributed by atoms with Gasteiger partial charge in [-0.3, -0.25) is 37.3 Å². The molecular weight excluding hydrogens is 1430 g/mol. The summed E-state index contributed by atoms with van der Waals surface area (Å²) < 4.78 is 68.6. The third-order valence-corrected chi connectivity index (χ3v) is 18.5. The fraction of sp³-hybridized carbons (Fsp3) is 0.604. The molecule has 0 aliphatic carbocycles. The number of unbranched alkanes of at least 4 members (excludes halogenated alkanes) is 19. The second kappa shape index (κ2) is 80.9. The molecular formula is C91H146O17P2. The van der Waals surface area contributed by atoms with Crippen molar-refractivity contribution in [3.63, 3.8) is 0 Å². The molecule has 0 saturated heterocycles. The predicted octanol–water partition coefficient (Wildman–Crippen LogP) is 24.9. The Labute approximate surface area is 666 Å². The number of carbonyl (C=O) groups excluding carboxylic acids is 4. The lowest BCUT2D eigenvalue weighted by Crippen LogP contribution is -2.30. The SMILES string of the molecule is CC/C=C\C/C=C\C/C=C\C/C=C\C/C=C\CC(=O)OC(COC(=O)CCCCCCCC/C=C\C/C=C\C/C=C\CCCCC)COP(=O)(O)OCC(O)COP(=O)(O)OCC(COC(=O)CCCCCCCC/C=C\C/C=C\C/C=C\C/C=C\CC)OC(=O)CCCCCC/C=C\C/C=C\C/C=C\C/C=C\CC. The molecule has 0 saturated carbocycles. The van der Waals surface area contributed by atoms with Crippen LogP contribution < -0.4 is 0 Å². The number of phosphoric ester groups is 2. The maximum absolute atomic E-state index is 13.1. The van der Waals surface area contributed by atoms with E-state index in [1.54, 1.807) is 12.2 Å². The Morgan fingerprint density at radius 2 is 0.509 bits per heavy atom. The van der Waals surface area contributed by atoms with E-state index in [1.165, 1.54) is 19.3 Å². The molecule has 0 radical (unpaired) electrons. The minimum atomic E-state index is -5.02. The Morgan fingerprint density at radius 1 is 0.273 bits per heavy atom. The summed E-state index contributed by atoms with van der Waals surface area (Å²) in [6, 6.07) is 0. The van der Waals surface area contributed by atoms with Gasteiger partial charge in [-0.15, -0.1) is 0 Å². The summed E-state index contributed by atoms with van der Waals surface area (Å²) in [6.45, 7) is 4.32. The van der Waals surface area contributed by atoms with Crippen molar-refractivity contribution in [3.8, 4) is 0 Å². The summed E-state index contributed by atoms with van der Waals surface area (Å²) in [5.74, 6) is -2.40. The molecule has 3 N–H and O–H groups in total. The summed E-state index contributed by atoms with van der Waals surface area (Å²) in [4.78, 5) is 73.2. The van der Waals surface area contributed by atoms with Crippen LogP contribution in [0.25, 0.3) is 0 Å². The zero-order valence-corrected chi connectivity index (χ0v) is 69.9. The molecule has 0 amide bonds. The quantitative estimate of drug-likeness (QED) is 0.0169. The maximum Gasteiger partial charge on any atom is 0.472 e. The van der Waals surface area contributed by atoms with Crippen LogP contribution in [0.3, 0.4) is 0 Å². The largest absolute Gasteiger partial charge is 0.472 e. The van der Waals surface area contributed by atoms with E-state index in [4.69, 9.17) is 37.0 Å². The smallest absolute Gasteiger partial charge is 0.462 e. The standard InChI is InChI=1S/C91H146O17P2/c1-5-9-13-17-21-25-29-33-37-40-42-45-48-51-55-59-63-67-71-75-88(93)101-81-86(107-90(95)77-73-69-65-61-57-53-47-36-32-28-24-20-16-12-8-4)83-105-109(97,98)103-79-85(92)80-104-110(99,100)106-84-87(108-91(96)78-74-70-66-62-58-54-50-44-39-35-31-27-23-19-15-11-7-3)82-102-89(94)76-72-68-64-60-56-52-49-46-43-41-38-34-30-26-22-18-14-10-6-2/h10-12,14-16,21-28,33-39,42-43,45-47,50,54,57,61,69,73,85-87,92H,5-9,13,17-20,29-32,40-41,44,48-49,51-53,55-56,58-60,62-68,70-72,74-84H2,1-4H3,(H,97,98)(H,99,100)/b14-10-,15-11-,16-12-,25-21-,26-22-,27-23-,28-24-,37-33-,38-34-,39-35-,45-42-,46-43-,47-36-,54-50-,61-57-,73-69-. The molecule has 0 aromatic heterocycles. The molecule has 0 bridgehead atoms. The van der Waals surface area contributed by atoms with Crippen LogP contribution in [0.1, 0.15) is 297 Å². The fourth-order valence-corrected chi connectivity index (χ4v) is 11.9. The van der Waals surface area contributed by atoms with E-state index in [9.17, 15) is 43.2 Å². The number of rotatable bonds is 76. The van der Waals surface area contributed by atoms with Crippen LogP contribution in [0.4, 0.5) is 0 Å². The number of aliphatic hydroxyl groups excluding tert-OH is 1. The molecule has 0 aliphatic rings. The number of ether oxygens (including phenoxy) is 4. The van der Waals surface area contributed by atoms with Crippen molar-refractivity contribution in [2.75, 3.05) is 39.6 Å². The lowest BCUT2D eigenvalue weighted by Gasteiger charge is -2.21. The molecule has 110 heavy (non-hydrogen) atoms. The van der Waals surface area contributed by atoms with Gasteiger partial charge in [0.1, 0.15) is 19.3 Å². The first-order valence-corrected chi connectivity index (χ1v) is 44.7. The van der Waals surface area contributed by atoms with Crippen LogP contribution in [0.5, 0.6) is 0 Å². The molecule has 0 rings (SSSR count). The highest BCUT2D eigenvalue weighted by atomic mass is 31.2. The van der Waals surface area contributed by atoms with Crippen molar-refractivity contribution >= 4 is 39.5 Å². The highest BCUT2D eigenvalue weighted by Crippen LogP contribution is 2.45. The molecule has 5 atom stereocenters. The van der Waals surface area contributed by atoms with Crippen LogP contribution in [0, 0.1) is 0 Å². The van der Waals surface area contributed by atoms with Gasteiger partial charge < -0.3 is 33.8 Å². The average Bonchev–Trinajstić information content (AvgIpc) is 0.899. The minimum Gasteiger partial charge on any atom is -0.462 e. The van der Waals surface area contributed by atoms with E-state index >= 15 is 0 Å². The zero-order chi connectivity index (χ0) is 80.3. The number of aliphatic hydroxyl groups is 1. The topological polar surface area (TPSA) is 237 Å². The maximum atomic E-state index is 13.1. The van der Waals surface area contributed by atoms with E-state index in [2.05, 4.69) is 198 Å². The van der Waals surface area contributed by atoms with E-state index in [0.717, 1.165) is 199 Å². The Kier molecular flexibility index (Phi) is 76.4. The molecule has 0 heterocycles. The van der Waals surface area contributed by atoms with Crippen molar-refractivity contribution in [1.82, 2.24) is 0 Å². The summed E-state index contributed by atoms with van der Waals surface area (Å²) >= 11 is 0. The van der Waals surface area contributed by atoms with Crippen molar-refractivity contribution in [3.05, 3.63) is 194 Å². The van der Waals surface area contributed by atoms with Gasteiger partial charge in [-0.2, -0.15) is 0 Å². The van der Waals surface area contributed by atoms with Gasteiger partial charge in [0.05, 0.1) is 32.8 Å². The Morgan fingerprint density at radius 3 is 0.809 bits per heavy atom. The summed E-state index contributed by atoms with van der Waals surface area (Å²) in [5, 5.41) is 10.7. The highest BCUT2D eigenvalue weighted by Gasteiger charge is 2.30. The number of hydrogen-bond acceptors (Lipinski definition) is 15. The third kappa shape index (κ3) is 80.0. The Balaban J connectivity index is 5.50. The van der Waals surface area contributed by atoms with Crippen LogP contribution in [-0.2, 0) is 65.4 Å². The molecule has 0 aromatic rings. The van der Waals surface area contributed by atoms with Crippen LogP contribution in [0.15, 0.2) is 194 Å². The third-order valence-electron chi connectivity index (χ3n) is 16.6. The van der Waals surface area contributed by atoms with Gasteiger partial charge in [0.25, 0.3) is 0 Å². The predicted molar refractivity (Wildman–Crippen MR) is 454 cm³/mol.